The fourth-order valence-corrected chi connectivity index (χ4v) is 1.36. The van der Waals surface area contributed by atoms with E-state index in [4.69, 9.17) is 28.6 Å². The van der Waals surface area contributed by atoms with E-state index in [1.54, 1.807) is 4.90 Å². The quantitative estimate of drug-likeness (QED) is 0.703. The van der Waals surface area contributed by atoms with E-state index in [0.717, 1.165) is 21.9 Å². The van der Waals surface area contributed by atoms with Crippen LogP contribution < -0.4 is 4.74 Å². The van der Waals surface area contributed by atoms with Crippen molar-refractivity contribution >= 4 is 29.0 Å². The number of rotatable bonds is 1. The lowest BCUT2D eigenvalue weighted by Gasteiger charge is -2.15. The molecule has 0 unspecified atom stereocenters. The molecule has 0 spiro atoms. The van der Waals surface area contributed by atoms with Crippen LogP contribution in [0.25, 0.3) is 0 Å². The van der Waals surface area contributed by atoms with Crippen molar-refractivity contribution in [3.8, 4) is 5.75 Å². The lowest BCUT2D eigenvalue weighted by Crippen LogP contribution is -2.25. The van der Waals surface area contributed by atoms with Crippen molar-refractivity contribution in [1.82, 2.24) is 4.90 Å². The molecule has 0 aliphatic heterocycles. The molecule has 1 aromatic rings. The fourth-order valence-electron chi connectivity index (χ4n) is 1.16. The highest BCUT2D eigenvalue weighted by atomic mass is 35.5. The van der Waals surface area contributed by atoms with E-state index in [9.17, 15) is 0 Å². The Morgan fingerprint density at radius 2 is 1.73 bits per heavy atom. The fraction of sp³-hybridized carbons (Fsp3) is 0.364. The van der Waals surface area contributed by atoms with Crippen molar-refractivity contribution in [1.29, 1.82) is 0 Å². The Bertz CT molecular complexity index is 367. The second kappa shape index (κ2) is 4.81. The molecule has 0 heterocycles. The zero-order valence-electron chi connectivity index (χ0n) is 9.30. The molecule has 0 radical (unpaired) electrons. The van der Waals surface area contributed by atoms with Crippen molar-refractivity contribution in [2.75, 3.05) is 14.1 Å². The Labute approximate surface area is 101 Å². The van der Waals surface area contributed by atoms with E-state index < -0.39 is 0 Å². The molecular weight excluding hydrogens is 230 g/mol. The molecule has 2 nitrogen and oxygen atoms in total. The van der Waals surface area contributed by atoms with Crippen LogP contribution in [0.4, 0.5) is 0 Å². The van der Waals surface area contributed by atoms with Gasteiger partial charge in [0.2, 0.25) is 0 Å². The first-order chi connectivity index (χ1) is 6.91. The van der Waals surface area contributed by atoms with E-state index in [0.29, 0.717) is 5.17 Å². The van der Waals surface area contributed by atoms with Gasteiger partial charge in [0.15, 0.2) is 0 Å². The van der Waals surface area contributed by atoms with Gasteiger partial charge in [-0.25, -0.2) is 0 Å². The average molecular weight is 244 g/mol. The Morgan fingerprint density at radius 3 is 2.13 bits per heavy atom. The minimum absolute atomic E-state index is 0.441. The molecule has 82 valence electrons. The molecule has 15 heavy (non-hydrogen) atoms. The standard InChI is InChI=1S/C11H14ClNOS/c1-7-5-9(6-8(2)10(7)12)14-11(15)13(3)4/h5-6H,1-4H3. The molecule has 0 bridgehead atoms. The lowest BCUT2D eigenvalue weighted by molar-refractivity contribution is 0.449. The van der Waals surface area contributed by atoms with Crippen LogP contribution in [0.5, 0.6) is 5.75 Å². The van der Waals surface area contributed by atoms with Crippen molar-refractivity contribution in [2.45, 2.75) is 13.8 Å². The number of aryl methyl sites for hydroxylation is 2. The highest BCUT2D eigenvalue weighted by Gasteiger charge is 2.06. The van der Waals surface area contributed by atoms with Crippen LogP contribution >= 0.6 is 23.8 Å². The minimum atomic E-state index is 0.441. The van der Waals surface area contributed by atoms with Crippen molar-refractivity contribution in [3.05, 3.63) is 28.3 Å². The number of thiocarbonyl (C=S) groups is 1. The lowest BCUT2D eigenvalue weighted by atomic mass is 10.1. The third-order valence-corrected chi connectivity index (χ3v) is 3.02. The average Bonchev–Trinajstić information content (AvgIpc) is 2.13. The van der Waals surface area contributed by atoms with Crippen molar-refractivity contribution in [2.24, 2.45) is 0 Å². The summed E-state index contributed by atoms with van der Waals surface area (Å²) in [6, 6.07) is 3.76. The normalized spacial score (nSPS) is 9.93. The van der Waals surface area contributed by atoms with Crippen LogP contribution in [0.1, 0.15) is 11.1 Å². The Morgan fingerprint density at radius 1 is 1.27 bits per heavy atom. The summed E-state index contributed by atoms with van der Waals surface area (Å²) in [4.78, 5) is 1.74. The molecule has 4 heteroatoms. The summed E-state index contributed by atoms with van der Waals surface area (Å²) in [5.41, 5.74) is 1.99. The molecule has 1 aromatic carbocycles. The monoisotopic (exact) mass is 243 g/mol. The smallest absolute Gasteiger partial charge is 0.264 e. The first kappa shape index (κ1) is 12.3. The molecule has 0 saturated carbocycles. The molecule has 0 amide bonds. The largest absolute Gasteiger partial charge is 0.432 e. The summed E-state index contributed by atoms with van der Waals surface area (Å²) >= 11 is 11.1. The van der Waals surface area contributed by atoms with Gasteiger partial charge in [-0.3, -0.25) is 0 Å². The van der Waals surface area contributed by atoms with Gasteiger partial charge in [-0.1, -0.05) is 11.6 Å². The van der Waals surface area contributed by atoms with Gasteiger partial charge in [0.1, 0.15) is 5.75 Å². The second-order valence-electron chi connectivity index (χ2n) is 3.63. The highest BCUT2D eigenvalue weighted by Crippen LogP contribution is 2.26. The highest BCUT2D eigenvalue weighted by molar-refractivity contribution is 7.80. The van der Waals surface area contributed by atoms with Gasteiger partial charge in [0.05, 0.1) is 0 Å². The molecule has 0 atom stereocenters. The predicted octanol–water partition coefficient (Wildman–Crippen LogP) is 3.18. The Hall–Kier alpha value is -0.800. The van der Waals surface area contributed by atoms with Crippen molar-refractivity contribution in [3.63, 3.8) is 0 Å². The van der Waals surface area contributed by atoms with E-state index in [2.05, 4.69) is 0 Å². The zero-order chi connectivity index (χ0) is 11.6. The number of halogens is 1. The van der Waals surface area contributed by atoms with Crippen LogP contribution in [0.15, 0.2) is 12.1 Å². The predicted molar refractivity (Wildman–Crippen MR) is 67.8 cm³/mol. The van der Waals surface area contributed by atoms with Crippen LogP contribution in [-0.4, -0.2) is 24.2 Å². The van der Waals surface area contributed by atoms with E-state index in [-0.39, 0.29) is 0 Å². The summed E-state index contributed by atoms with van der Waals surface area (Å²) in [6.45, 7) is 3.89. The molecule has 0 aromatic heterocycles. The number of hydrogen-bond donors (Lipinski definition) is 0. The van der Waals surface area contributed by atoms with E-state index in [1.165, 1.54) is 0 Å². The molecule has 1 rings (SSSR count). The summed E-state index contributed by atoms with van der Waals surface area (Å²) in [6.07, 6.45) is 0. The van der Waals surface area contributed by atoms with Gasteiger partial charge in [-0.15, -0.1) is 0 Å². The maximum Gasteiger partial charge on any atom is 0.264 e. The number of nitrogens with zero attached hydrogens (tertiary/aromatic N) is 1. The van der Waals surface area contributed by atoms with Crippen LogP contribution in [-0.2, 0) is 0 Å². The van der Waals surface area contributed by atoms with Gasteiger partial charge in [0, 0.05) is 19.1 Å². The Balaban J connectivity index is 2.93. The van der Waals surface area contributed by atoms with Gasteiger partial charge in [-0.2, -0.15) is 0 Å². The third kappa shape index (κ3) is 3.08. The number of ether oxygens (including phenoxy) is 1. The first-order valence-electron chi connectivity index (χ1n) is 4.57. The second-order valence-corrected chi connectivity index (χ2v) is 4.36. The maximum absolute atomic E-state index is 6.05. The molecule has 0 N–H and O–H groups in total. The molecule has 0 saturated heterocycles. The van der Waals surface area contributed by atoms with Crippen LogP contribution in [0, 0.1) is 13.8 Å². The molecule has 0 aliphatic rings. The van der Waals surface area contributed by atoms with Gasteiger partial charge in [-0.05, 0) is 49.3 Å². The zero-order valence-corrected chi connectivity index (χ0v) is 10.9. The first-order valence-corrected chi connectivity index (χ1v) is 5.36. The minimum Gasteiger partial charge on any atom is -0.432 e. The van der Waals surface area contributed by atoms with Crippen LogP contribution in [0.3, 0.4) is 0 Å². The van der Waals surface area contributed by atoms with Crippen molar-refractivity contribution < 1.29 is 4.74 Å². The Kier molecular flexibility index (Phi) is 3.94. The van der Waals surface area contributed by atoms with E-state index >= 15 is 0 Å². The summed E-state index contributed by atoms with van der Waals surface area (Å²) < 4.78 is 5.49. The van der Waals surface area contributed by atoms with Gasteiger partial charge >= 0.3 is 0 Å². The molecule has 0 fully saturated rings. The SMILES string of the molecule is Cc1cc(OC(=S)N(C)C)cc(C)c1Cl. The number of benzene rings is 1. The topological polar surface area (TPSA) is 12.5 Å². The van der Waals surface area contributed by atoms with Gasteiger partial charge in [0.25, 0.3) is 5.17 Å². The summed E-state index contributed by atoms with van der Waals surface area (Å²) in [5.74, 6) is 0.730. The van der Waals surface area contributed by atoms with Gasteiger partial charge < -0.3 is 9.64 Å². The summed E-state index contributed by atoms with van der Waals surface area (Å²) in [5, 5.41) is 1.22. The maximum atomic E-state index is 6.05. The summed E-state index contributed by atoms with van der Waals surface area (Å²) in [7, 11) is 3.69. The number of hydrogen-bond acceptors (Lipinski definition) is 2. The molecular formula is C11H14ClNOS. The van der Waals surface area contributed by atoms with E-state index in [1.807, 2.05) is 40.1 Å². The third-order valence-electron chi connectivity index (χ3n) is 1.98. The van der Waals surface area contributed by atoms with Crippen LogP contribution in [0.2, 0.25) is 5.02 Å². The molecule has 0 aliphatic carbocycles.